The van der Waals surface area contributed by atoms with Crippen LogP contribution in [0.2, 0.25) is 0 Å². The first kappa shape index (κ1) is 10.4. The van der Waals surface area contributed by atoms with Crippen LogP contribution < -0.4 is 5.56 Å². The van der Waals surface area contributed by atoms with Crippen LogP contribution in [0.1, 0.15) is 18.5 Å². The lowest BCUT2D eigenvalue weighted by Crippen LogP contribution is -2.23. The Morgan fingerprint density at radius 1 is 1.57 bits per heavy atom. The number of aliphatic hydroxyl groups is 1. The number of aromatic nitrogens is 2. The second-order valence-electron chi connectivity index (χ2n) is 2.81. The van der Waals surface area contributed by atoms with Crippen molar-refractivity contribution < 1.29 is 5.11 Å². The highest BCUT2D eigenvalue weighted by Crippen LogP contribution is 1.92. The van der Waals surface area contributed by atoms with E-state index < -0.39 is 0 Å². The fourth-order valence-corrected chi connectivity index (χ4v) is 1.04. The lowest BCUT2D eigenvalue weighted by atomic mass is 10.3. The minimum Gasteiger partial charge on any atom is -0.390 e. The van der Waals surface area contributed by atoms with E-state index >= 15 is 0 Å². The Morgan fingerprint density at radius 2 is 2.36 bits per heavy atom. The largest absolute Gasteiger partial charge is 0.390 e. The predicted octanol–water partition coefficient (Wildman–Crippen LogP) is 0.0394. The van der Waals surface area contributed by atoms with Gasteiger partial charge in [-0.2, -0.15) is 10.4 Å². The molecule has 1 rings (SSSR count). The van der Waals surface area contributed by atoms with E-state index in [1.165, 1.54) is 16.8 Å². The van der Waals surface area contributed by atoms with E-state index in [9.17, 15) is 4.79 Å². The summed E-state index contributed by atoms with van der Waals surface area (Å²) in [6, 6.07) is 4.85. The summed E-state index contributed by atoms with van der Waals surface area (Å²) in [5.74, 6) is 0. The molecule has 0 saturated heterocycles. The molecule has 74 valence electrons. The van der Waals surface area contributed by atoms with Crippen LogP contribution in [-0.4, -0.2) is 14.9 Å². The zero-order valence-electron chi connectivity index (χ0n) is 7.68. The lowest BCUT2D eigenvalue weighted by Gasteiger charge is -2.03. The molecule has 0 saturated carbocycles. The molecule has 0 aliphatic heterocycles. The highest BCUT2D eigenvalue weighted by Gasteiger charge is 1.98. The fraction of sp³-hybridized carbons (Fsp3) is 0.444. The maximum absolute atomic E-state index is 11.2. The molecule has 5 nitrogen and oxygen atoms in total. The topological polar surface area (TPSA) is 78.9 Å². The molecule has 0 aliphatic rings. The van der Waals surface area contributed by atoms with Gasteiger partial charge < -0.3 is 5.11 Å². The number of aryl methyl sites for hydroxylation is 1. The number of nitrogens with zero attached hydrogens (tertiary/aromatic N) is 3. The third-order valence-corrected chi connectivity index (χ3v) is 1.74. The van der Waals surface area contributed by atoms with Crippen molar-refractivity contribution in [2.24, 2.45) is 0 Å². The molecule has 5 heteroatoms. The van der Waals surface area contributed by atoms with Crippen LogP contribution in [0.15, 0.2) is 16.9 Å². The molecular formula is C9H11N3O2. The predicted molar refractivity (Wildman–Crippen MR) is 49.3 cm³/mol. The Bertz CT molecular complexity index is 392. The Hall–Kier alpha value is -1.67. The number of unbranched alkanes of at least 4 members (excludes halogenated alkanes) is 1. The van der Waals surface area contributed by atoms with Crippen LogP contribution in [-0.2, 0) is 13.2 Å². The molecule has 0 aliphatic carbocycles. The fourth-order valence-electron chi connectivity index (χ4n) is 1.04. The van der Waals surface area contributed by atoms with Gasteiger partial charge in [0.15, 0.2) is 0 Å². The van der Waals surface area contributed by atoms with E-state index in [4.69, 9.17) is 10.4 Å². The molecule has 1 aromatic heterocycles. The summed E-state index contributed by atoms with van der Waals surface area (Å²) < 4.78 is 1.27. The quantitative estimate of drug-likeness (QED) is 0.685. The van der Waals surface area contributed by atoms with Crippen molar-refractivity contribution in [3.05, 3.63) is 28.2 Å². The van der Waals surface area contributed by atoms with E-state index in [-0.39, 0.29) is 12.2 Å². The van der Waals surface area contributed by atoms with Crippen LogP contribution in [0.3, 0.4) is 0 Å². The SMILES string of the molecule is N#CCCCn1nc(CO)ccc1=O. The van der Waals surface area contributed by atoms with Gasteiger partial charge in [-0.25, -0.2) is 4.68 Å². The number of rotatable bonds is 4. The van der Waals surface area contributed by atoms with Crippen molar-refractivity contribution in [2.45, 2.75) is 26.0 Å². The van der Waals surface area contributed by atoms with E-state index in [1.54, 1.807) is 0 Å². The van der Waals surface area contributed by atoms with Crippen molar-refractivity contribution in [1.29, 1.82) is 5.26 Å². The first-order valence-electron chi connectivity index (χ1n) is 4.33. The maximum atomic E-state index is 11.2. The molecule has 0 fully saturated rings. The van der Waals surface area contributed by atoms with E-state index in [2.05, 4.69) is 5.10 Å². The summed E-state index contributed by atoms with van der Waals surface area (Å²) in [7, 11) is 0. The molecule has 1 aromatic rings. The van der Waals surface area contributed by atoms with Crippen molar-refractivity contribution in [1.82, 2.24) is 9.78 Å². The van der Waals surface area contributed by atoms with Gasteiger partial charge in [-0.05, 0) is 12.5 Å². The molecule has 0 spiro atoms. The molecule has 0 unspecified atom stereocenters. The van der Waals surface area contributed by atoms with E-state index in [0.29, 0.717) is 25.1 Å². The molecule has 14 heavy (non-hydrogen) atoms. The van der Waals surface area contributed by atoms with Crippen molar-refractivity contribution >= 4 is 0 Å². The molecule has 1 N–H and O–H groups in total. The average Bonchev–Trinajstić information content (AvgIpc) is 2.21. The van der Waals surface area contributed by atoms with Gasteiger partial charge in [0.05, 0.1) is 18.4 Å². The van der Waals surface area contributed by atoms with Crippen LogP contribution in [0.5, 0.6) is 0 Å². The Morgan fingerprint density at radius 3 is 3.00 bits per heavy atom. The van der Waals surface area contributed by atoms with Gasteiger partial charge in [0.1, 0.15) is 0 Å². The molecule has 0 radical (unpaired) electrons. The normalized spacial score (nSPS) is 9.71. The van der Waals surface area contributed by atoms with Crippen molar-refractivity contribution in [3.8, 4) is 6.07 Å². The number of hydrogen-bond acceptors (Lipinski definition) is 4. The summed E-state index contributed by atoms with van der Waals surface area (Å²) in [4.78, 5) is 11.2. The molecular weight excluding hydrogens is 182 g/mol. The standard InChI is InChI=1S/C9H11N3O2/c10-5-1-2-6-12-9(14)4-3-8(7-13)11-12/h3-4,13H,1-2,6-7H2. The summed E-state index contributed by atoms with van der Waals surface area (Å²) in [5, 5.41) is 21.0. The van der Waals surface area contributed by atoms with Gasteiger partial charge in [0.25, 0.3) is 5.56 Å². The average molecular weight is 193 g/mol. The molecule has 0 amide bonds. The van der Waals surface area contributed by atoms with Gasteiger partial charge in [-0.3, -0.25) is 4.79 Å². The van der Waals surface area contributed by atoms with Crippen LogP contribution in [0.4, 0.5) is 0 Å². The third-order valence-electron chi connectivity index (χ3n) is 1.74. The second-order valence-corrected chi connectivity index (χ2v) is 2.81. The zero-order valence-corrected chi connectivity index (χ0v) is 7.68. The Balaban J connectivity index is 2.75. The molecule has 0 bridgehead atoms. The zero-order chi connectivity index (χ0) is 10.4. The van der Waals surface area contributed by atoms with Gasteiger partial charge in [-0.1, -0.05) is 0 Å². The minimum atomic E-state index is -0.208. The smallest absolute Gasteiger partial charge is 0.266 e. The number of aliphatic hydroxyl groups excluding tert-OH is 1. The monoisotopic (exact) mass is 193 g/mol. The maximum Gasteiger partial charge on any atom is 0.266 e. The summed E-state index contributed by atoms with van der Waals surface area (Å²) in [5.41, 5.74) is 0.252. The third kappa shape index (κ3) is 2.68. The number of nitriles is 1. The lowest BCUT2D eigenvalue weighted by molar-refractivity contribution is 0.272. The van der Waals surface area contributed by atoms with E-state index in [1.807, 2.05) is 6.07 Å². The van der Waals surface area contributed by atoms with Gasteiger partial charge in [-0.15, -0.1) is 0 Å². The first-order valence-corrected chi connectivity index (χ1v) is 4.33. The summed E-state index contributed by atoms with van der Waals surface area (Å²) in [6.45, 7) is 0.235. The molecule has 1 heterocycles. The molecule has 0 aromatic carbocycles. The highest BCUT2D eigenvalue weighted by molar-refractivity contribution is 4.98. The van der Waals surface area contributed by atoms with Gasteiger partial charge in [0.2, 0.25) is 0 Å². The van der Waals surface area contributed by atoms with Gasteiger partial charge in [0, 0.05) is 19.0 Å². The Labute approximate surface area is 81.2 Å². The minimum absolute atomic E-state index is 0.182. The first-order chi connectivity index (χ1) is 6.77. The second kappa shape index (κ2) is 5.14. The van der Waals surface area contributed by atoms with Crippen LogP contribution in [0, 0.1) is 11.3 Å². The van der Waals surface area contributed by atoms with Crippen molar-refractivity contribution in [3.63, 3.8) is 0 Å². The number of hydrogen-bond donors (Lipinski definition) is 1. The highest BCUT2D eigenvalue weighted by atomic mass is 16.3. The summed E-state index contributed by atoms with van der Waals surface area (Å²) in [6.07, 6.45) is 0.996. The van der Waals surface area contributed by atoms with Crippen molar-refractivity contribution in [2.75, 3.05) is 0 Å². The Kier molecular flexibility index (Phi) is 3.83. The summed E-state index contributed by atoms with van der Waals surface area (Å²) >= 11 is 0. The van der Waals surface area contributed by atoms with Crippen LogP contribution >= 0.6 is 0 Å². The van der Waals surface area contributed by atoms with Gasteiger partial charge >= 0.3 is 0 Å². The molecule has 0 atom stereocenters. The van der Waals surface area contributed by atoms with Crippen LogP contribution in [0.25, 0.3) is 0 Å². The van der Waals surface area contributed by atoms with E-state index in [0.717, 1.165) is 0 Å².